The van der Waals surface area contributed by atoms with Crippen LogP contribution in [0.5, 0.6) is 17.2 Å². The van der Waals surface area contributed by atoms with E-state index in [4.69, 9.17) is 14.2 Å². The van der Waals surface area contributed by atoms with Gasteiger partial charge in [0.05, 0.1) is 21.3 Å². The molecule has 0 saturated carbocycles. The Labute approximate surface area is 168 Å². The van der Waals surface area contributed by atoms with Crippen molar-refractivity contribution in [1.29, 1.82) is 0 Å². The number of carboxylic acids is 1. The lowest BCUT2D eigenvalue weighted by molar-refractivity contribution is -0.142. The van der Waals surface area contributed by atoms with E-state index in [0.29, 0.717) is 22.8 Å². The van der Waals surface area contributed by atoms with Crippen molar-refractivity contribution in [2.24, 2.45) is 0 Å². The van der Waals surface area contributed by atoms with Crippen LogP contribution in [0, 0.1) is 0 Å². The molecule has 2 atom stereocenters. The van der Waals surface area contributed by atoms with Gasteiger partial charge in [-0.25, -0.2) is 9.59 Å². The van der Waals surface area contributed by atoms with Crippen molar-refractivity contribution in [3.8, 4) is 17.2 Å². The van der Waals surface area contributed by atoms with Gasteiger partial charge < -0.3 is 35.1 Å². The van der Waals surface area contributed by atoms with Gasteiger partial charge in [-0.2, -0.15) is 0 Å². The van der Waals surface area contributed by atoms with Gasteiger partial charge in [-0.1, -0.05) is 18.2 Å². The van der Waals surface area contributed by atoms with E-state index in [1.165, 1.54) is 33.5 Å². The summed E-state index contributed by atoms with van der Waals surface area (Å²) >= 11 is 0. The van der Waals surface area contributed by atoms with Crippen molar-refractivity contribution < 1.29 is 34.0 Å². The van der Waals surface area contributed by atoms with Crippen LogP contribution in [-0.4, -0.2) is 49.6 Å². The van der Waals surface area contributed by atoms with Gasteiger partial charge in [0.1, 0.15) is 11.9 Å². The van der Waals surface area contributed by atoms with Crippen molar-refractivity contribution in [3.63, 3.8) is 0 Å². The minimum Gasteiger partial charge on any atom is -0.497 e. The van der Waals surface area contributed by atoms with Crippen LogP contribution in [0.25, 0.3) is 0 Å². The Morgan fingerprint density at radius 1 is 0.966 bits per heavy atom. The minimum atomic E-state index is -1.53. The average molecular weight is 404 g/mol. The van der Waals surface area contributed by atoms with E-state index in [1.54, 1.807) is 30.3 Å². The number of benzene rings is 2. The van der Waals surface area contributed by atoms with Gasteiger partial charge in [0, 0.05) is 6.54 Å². The number of ether oxygens (including phenoxy) is 3. The molecule has 0 fully saturated rings. The van der Waals surface area contributed by atoms with Gasteiger partial charge in [-0.15, -0.1) is 0 Å². The second-order valence-electron chi connectivity index (χ2n) is 6.05. The molecule has 0 aliphatic rings. The molecule has 4 N–H and O–H groups in total. The molecule has 0 aromatic heterocycles. The third-order valence-corrected chi connectivity index (χ3v) is 4.23. The molecule has 2 aromatic carbocycles. The molecule has 2 unspecified atom stereocenters. The Balaban J connectivity index is 2.01. The first-order chi connectivity index (χ1) is 13.9. The molecule has 0 radical (unpaired) electrons. The summed E-state index contributed by atoms with van der Waals surface area (Å²) < 4.78 is 15.4. The van der Waals surface area contributed by atoms with Crippen molar-refractivity contribution >= 4 is 12.0 Å². The smallest absolute Gasteiger partial charge is 0.329 e. The number of nitrogens with one attached hydrogen (secondary N) is 2. The van der Waals surface area contributed by atoms with Gasteiger partial charge in [-0.3, -0.25) is 0 Å². The lowest BCUT2D eigenvalue weighted by Gasteiger charge is -2.21. The van der Waals surface area contributed by atoms with Gasteiger partial charge >= 0.3 is 12.0 Å². The fourth-order valence-corrected chi connectivity index (χ4v) is 2.63. The maximum absolute atomic E-state index is 12.2. The second-order valence-corrected chi connectivity index (χ2v) is 6.05. The maximum atomic E-state index is 12.2. The summed E-state index contributed by atoms with van der Waals surface area (Å²) in [5.41, 5.74) is 1.05. The van der Waals surface area contributed by atoms with Crippen molar-refractivity contribution in [3.05, 3.63) is 53.6 Å². The average Bonchev–Trinajstić information content (AvgIpc) is 2.75. The molecule has 0 bridgehead atoms. The lowest BCUT2D eigenvalue weighted by Crippen LogP contribution is -2.48. The Morgan fingerprint density at radius 2 is 1.62 bits per heavy atom. The first kappa shape index (κ1) is 21.8. The molecule has 2 aromatic rings. The summed E-state index contributed by atoms with van der Waals surface area (Å²) in [6.45, 7) is 0.122. The highest BCUT2D eigenvalue weighted by atomic mass is 16.5. The van der Waals surface area contributed by atoms with Crippen LogP contribution in [-0.2, 0) is 11.3 Å². The van der Waals surface area contributed by atoms with Crippen molar-refractivity contribution in [2.45, 2.75) is 18.7 Å². The molecular formula is C20H24N2O7. The third-order valence-electron chi connectivity index (χ3n) is 4.23. The van der Waals surface area contributed by atoms with E-state index in [-0.39, 0.29) is 6.54 Å². The topological polar surface area (TPSA) is 126 Å². The zero-order valence-corrected chi connectivity index (χ0v) is 16.3. The van der Waals surface area contributed by atoms with E-state index in [0.717, 1.165) is 5.56 Å². The predicted molar refractivity (Wildman–Crippen MR) is 104 cm³/mol. The fourth-order valence-electron chi connectivity index (χ4n) is 2.63. The van der Waals surface area contributed by atoms with E-state index < -0.39 is 24.1 Å². The van der Waals surface area contributed by atoms with Crippen LogP contribution in [0.1, 0.15) is 17.2 Å². The molecule has 2 rings (SSSR count). The summed E-state index contributed by atoms with van der Waals surface area (Å²) in [5, 5.41) is 24.6. The van der Waals surface area contributed by atoms with E-state index in [9.17, 15) is 19.8 Å². The minimum absolute atomic E-state index is 0.122. The third kappa shape index (κ3) is 5.76. The number of aliphatic carboxylic acids is 1. The first-order valence-electron chi connectivity index (χ1n) is 8.69. The number of carbonyl (C=O) groups excluding carboxylic acids is 1. The summed E-state index contributed by atoms with van der Waals surface area (Å²) in [4.78, 5) is 23.7. The van der Waals surface area contributed by atoms with Gasteiger partial charge in [-0.05, 0) is 35.4 Å². The SMILES string of the molecule is COc1ccc(C(O)C(NC(=O)NCc2ccc(OC)c(OC)c2)C(=O)O)cc1. The Morgan fingerprint density at radius 3 is 2.17 bits per heavy atom. The van der Waals surface area contributed by atoms with E-state index >= 15 is 0 Å². The first-order valence-corrected chi connectivity index (χ1v) is 8.69. The normalized spacial score (nSPS) is 12.4. The Bertz CT molecular complexity index is 839. The molecule has 156 valence electrons. The fraction of sp³-hybridized carbons (Fsp3) is 0.300. The molecule has 0 aliphatic carbocycles. The van der Waals surface area contributed by atoms with Gasteiger partial charge in [0.15, 0.2) is 17.5 Å². The zero-order valence-electron chi connectivity index (χ0n) is 16.3. The number of aliphatic hydroxyl groups is 1. The molecule has 2 amide bonds. The molecule has 9 nitrogen and oxygen atoms in total. The van der Waals surface area contributed by atoms with Crippen LogP contribution in [0.4, 0.5) is 4.79 Å². The highest BCUT2D eigenvalue weighted by Gasteiger charge is 2.29. The number of hydrogen-bond acceptors (Lipinski definition) is 6. The number of carbonyl (C=O) groups is 2. The van der Waals surface area contributed by atoms with Crippen LogP contribution in [0.15, 0.2) is 42.5 Å². The van der Waals surface area contributed by atoms with E-state index in [1.807, 2.05) is 0 Å². The van der Waals surface area contributed by atoms with Crippen LogP contribution < -0.4 is 24.8 Å². The quantitative estimate of drug-likeness (QED) is 0.501. The largest absolute Gasteiger partial charge is 0.497 e. The molecule has 9 heteroatoms. The highest BCUT2D eigenvalue weighted by molar-refractivity contribution is 5.83. The molecule has 0 aliphatic heterocycles. The zero-order chi connectivity index (χ0) is 21.4. The van der Waals surface area contributed by atoms with E-state index in [2.05, 4.69) is 10.6 Å². The lowest BCUT2D eigenvalue weighted by atomic mass is 10.0. The molecule has 0 spiro atoms. The van der Waals surface area contributed by atoms with Gasteiger partial charge in [0.25, 0.3) is 0 Å². The standard InChI is InChI=1S/C20H24N2O7/c1-27-14-7-5-13(6-8-14)18(23)17(19(24)25)22-20(26)21-11-12-4-9-15(28-2)16(10-12)29-3/h4-10,17-18,23H,11H2,1-3H3,(H,24,25)(H2,21,22,26). The number of urea groups is 1. The number of methoxy groups -OCH3 is 3. The van der Waals surface area contributed by atoms with Crippen molar-refractivity contribution in [1.82, 2.24) is 10.6 Å². The van der Waals surface area contributed by atoms with Gasteiger partial charge in [0.2, 0.25) is 0 Å². The predicted octanol–water partition coefficient (Wildman–Crippen LogP) is 1.70. The summed E-state index contributed by atoms with van der Waals surface area (Å²) in [6, 6.07) is 9.10. The molecule has 29 heavy (non-hydrogen) atoms. The number of carboxylic acid groups (broad SMARTS) is 1. The molecule has 0 saturated heterocycles. The highest BCUT2D eigenvalue weighted by Crippen LogP contribution is 2.27. The number of hydrogen-bond donors (Lipinski definition) is 4. The summed E-state index contributed by atoms with van der Waals surface area (Å²) in [5.74, 6) is 0.253. The molecule has 0 heterocycles. The number of rotatable bonds is 9. The Kier molecular flexibility index (Phi) is 7.67. The van der Waals surface area contributed by atoms with Crippen LogP contribution >= 0.6 is 0 Å². The van der Waals surface area contributed by atoms with Crippen LogP contribution in [0.3, 0.4) is 0 Å². The Hall–Kier alpha value is -3.46. The number of aliphatic hydroxyl groups excluding tert-OH is 1. The number of amides is 2. The molecular weight excluding hydrogens is 380 g/mol. The second kappa shape index (κ2) is 10.2. The summed E-state index contributed by atoms with van der Waals surface area (Å²) in [6.07, 6.45) is -1.44. The maximum Gasteiger partial charge on any atom is 0.329 e. The summed E-state index contributed by atoms with van der Waals surface area (Å²) in [7, 11) is 4.51. The monoisotopic (exact) mass is 404 g/mol. The van der Waals surface area contributed by atoms with Crippen molar-refractivity contribution in [2.75, 3.05) is 21.3 Å². The van der Waals surface area contributed by atoms with Crippen LogP contribution in [0.2, 0.25) is 0 Å².